The Bertz CT molecular complexity index is 1310. The summed E-state index contributed by atoms with van der Waals surface area (Å²) in [7, 11) is 0. The number of amides is 2. The summed E-state index contributed by atoms with van der Waals surface area (Å²) in [6, 6.07) is 7.94. The first-order valence-electron chi connectivity index (χ1n) is 10.6. The Morgan fingerprint density at radius 1 is 1.20 bits per heavy atom. The molecule has 1 saturated carbocycles. The lowest BCUT2D eigenvalue weighted by Crippen LogP contribution is -2.45. The van der Waals surface area contributed by atoms with Crippen LogP contribution < -0.4 is 15.4 Å². The molecule has 35 heavy (non-hydrogen) atoms. The molecule has 1 saturated heterocycles. The topological polar surface area (TPSA) is 121 Å². The summed E-state index contributed by atoms with van der Waals surface area (Å²) in [5.74, 6) is 0.281. The fourth-order valence-electron chi connectivity index (χ4n) is 3.43. The predicted octanol–water partition coefficient (Wildman–Crippen LogP) is 3.99. The minimum Gasteiger partial charge on any atom is -0.616 e. The monoisotopic (exact) mass is 597 g/mol. The lowest BCUT2D eigenvalue weighted by Gasteiger charge is -2.27. The van der Waals surface area contributed by atoms with Crippen LogP contribution in [0.2, 0.25) is 10.0 Å². The van der Waals surface area contributed by atoms with Gasteiger partial charge in [0.15, 0.2) is 11.9 Å². The van der Waals surface area contributed by atoms with Crippen LogP contribution in [0.5, 0.6) is 5.88 Å². The number of halogens is 3. The van der Waals surface area contributed by atoms with Crippen molar-refractivity contribution in [2.24, 2.45) is 0 Å². The second-order valence-corrected chi connectivity index (χ2v) is 11.4. The third-order valence-corrected chi connectivity index (χ3v) is 7.97. The van der Waals surface area contributed by atoms with Gasteiger partial charge in [-0.25, -0.2) is 9.67 Å². The third-order valence-electron chi connectivity index (χ3n) is 5.34. The van der Waals surface area contributed by atoms with Gasteiger partial charge >= 0.3 is 0 Å². The van der Waals surface area contributed by atoms with Crippen LogP contribution >= 0.6 is 39.1 Å². The maximum absolute atomic E-state index is 13.5. The molecule has 2 N–H and O–H groups in total. The summed E-state index contributed by atoms with van der Waals surface area (Å²) >= 11 is 15.0. The second kappa shape index (κ2) is 9.98. The highest BCUT2D eigenvalue weighted by Gasteiger charge is 2.35. The van der Waals surface area contributed by atoms with Gasteiger partial charge in [0.1, 0.15) is 17.2 Å². The van der Waals surface area contributed by atoms with Gasteiger partial charge in [-0.15, -0.1) is 5.10 Å². The van der Waals surface area contributed by atoms with Crippen LogP contribution in [0.15, 0.2) is 41.0 Å². The highest BCUT2D eigenvalue weighted by atomic mass is 79.9. The van der Waals surface area contributed by atoms with E-state index in [-0.39, 0.29) is 51.7 Å². The molecule has 1 aliphatic heterocycles. The van der Waals surface area contributed by atoms with Gasteiger partial charge in [0, 0.05) is 27.8 Å². The molecule has 2 aliphatic rings. The molecule has 3 heterocycles. The van der Waals surface area contributed by atoms with Crippen molar-refractivity contribution >= 4 is 67.8 Å². The maximum Gasteiger partial charge on any atom is 0.274 e. The van der Waals surface area contributed by atoms with Crippen molar-refractivity contribution in [1.29, 1.82) is 0 Å². The van der Waals surface area contributed by atoms with Crippen molar-refractivity contribution in [3.05, 3.63) is 62.3 Å². The van der Waals surface area contributed by atoms with Gasteiger partial charge in [-0.05, 0) is 64.2 Å². The van der Waals surface area contributed by atoms with Gasteiger partial charge in [-0.2, -0.15) is 0 Å². The molecule has 9 nitrogen and oxygen atoms in total. The van der Waals surface area contributed by atoms with Crippen molar-refractivity contribution in [3.8, 4) is 11.7 Å². The molecular formula is C22H18BrCl2N5O4S. The minimum absolute atomic E-state index is 0.0800. The first-order chi connectivity index (χ1) is 16.8. The molecule has 2 fully saturated rings. The number of pyridine rings is 1. The number of hydrogen-bond acceptors (Lipinski definition) is 6. The van der Waals surface area contributed by atoms with Gasteiger partial charge in [-0.3, -0.25) is 9.59 Å². The van der Waals surface area contributed by atoms with Gasteiger partial charge < -0.3 is 19.9 Å². The minimum atomic E-state index is -0.907. The summed E-state index contributed by atoms with van der Waals surface area (Å²) < 4.78 is 18.9. The quantitative estimate of drug-likeness (QED) is 0.397. The normalized spacial score (nSPS) is 19.1. The Morgan fingerprint density at radius 2 is 1.97 bits per heavy atom. The second-order valence-electron chi connectivity index (χ2n) is 8.11. The number of ether oxygens (including phenoxy) is 1. The zero-order valence-corrected chi connectivity index (χ0v) is 21.9. The molecule has 13 heteroatoms. The Labute approximate surface area is 221 Å². The molecule has 2 amide bonds. The van der Waals surface area contributed by atoms with Crippen molar-refractivity contribution in [1.82, 2.24) is 20.1 Å². The van der Waals surface area contributed by atoms with E-state index in [2.05, 4.69) is 36.6 Å². The predicted molar refractivity (Wildman–Crippen MR) is 136 cm³/mol. The molecule has 182 valence electrons. The van der Waals surface area contributed by atoms with Crippen LogP contribution in [0.4, 0.5) is 5.69 Å². The van der Waals surface area contributed by atoms with E-state index in [1.165, 1.54) is 23.0 Å². The fourth-order valence-corrected chi connectivity index (χ4v) is 5.40. The van der Waals surface area contributed by atoms with Crippen molar-refractivity contribution < 1.29 is 18.9 Å². The van der Waals surface area contributed by atoms with Crippen molar-refractivity contribution in [2.75, 3.05) is 16.8 Å². The van der Waals surface area contributed by atoms with E-state index >= 15 is 0 Å². The molecule has 0 bridgehead atoms. The number of anilines is 1. The molecule has 0 atom stereocenters. The Kier molecular flexibility index (Phi) is 6.95. The molecule has 3 aromatic rings. The van der Waals surface area contributed by atoms with Crippen LogP contribution in [0.3, 0.4) is 0 Å². The van der Waals surface area contributed by atoms with E-state index in [0.29, 0.717) is 21.0 Å². The van der Waals surface area contributed by atoms with Crippen LogP contribution in [-0.2, 0) is 11.2 Å². The summed E-state index contributed by atoms with van der Waals surface area (Å²) in [4.78, 5) is 30.5. The molecule has 2 aromatic heterocycles. The molecule has 0 unspecified atom stereocenters. The highest BCUT2D eigenvalue weighted by Crippen LogP contribution is 2.33. The van der Waals surface area contributed by atoms with Gasteiger partial charge in [0.05, 0.1) is 16.3 Å². The lowest BCUT2D eigenvalue weighted by molar-refractivity contribution is 0.0952. The summed E-state index contributed by atoms with van der Waals surface area (Å²) in [5.41, 5.74) is 0.561. The standard InChI is InChI=1S/C22H18BrCl2N5O4S/c23-15-7-11(24)6-14(21(31)27-12-3-4-12)19(15)28-22(32)17-8-18(34-13-9-35(33)10-13)29-30(17)20-16(25)2-1-5-26-20/h1-2,5-8,12-13H,3-4,9-10H2,(H,27,31)(H,28,32). The van der Waals surface area contributed by atoms with Gasteiger partial charge in [-0.1, -0.05) is 23.2 Å². The molecule has 5 rings (SSSR count). The lowest BCUT2D eigenvalue weighted by atomic mass is 10.1. The number of aromatic nitrogens is 3. The number of carbonyl (C=O) groups is 2. The van der Waals surface area contributed by atoms with Gasteiger partial charge in [0.25, 0.3) is 11.8 Å². The van der Waals surface area contributed by atoms with Crippen LogP contribution in [0.1, 0.15) is 33.7 Å². The van der Waals surface area contributed by atoms with Gasteiger partial charge in [0.2, 0.25) is 5.88 Å². The Morgan fingerprint density at radius 3 is 2.66 bits per heavy atom. The smallest absolute Gasteiger partial charge is 0.274 e. The number of rotatable bonds is 7. The molecular weight excluding hydrogens is 581 g/mol. The number of carbonyl (C=O) groups excluding carboxylic acids is 2. The summed E-state index contributed by atoms with van der Waals surface area (Å²) in [6.07, 6.45) is 3.10. The number of hydrogen-bond donors (Lipinski definition) is 2. The van der Waals surface area contributed by atoms with Crippen molar-refractivity contribution in [2.45, 2.75) is 25.0 Å². The first kappa shape index (κ1) is 24.4. The van der Waals surface area contributed by atoms with Crippen LogP contribution in [-0.4, -0.2) is 54.8 Å². The third kappa shape index (κ3) is 5.44. The molecule has 1 aliphatic carbocycles. The molecule has 0 spiro atoms. The van der Waals surface area contributed by atoms with Crippen molar-refractivity contribution in [3.63, 3.8) is 0 Å². The maximum atomic E-state index is 13.5. The molecule has 1 aromatic carbocycles. The SMILES string of the molecule is O=C(NC1CC1)c1cc(Cl)cc(Br)c1NC(=O)c1cc(OC2C[S+]([O-])C2)nn1-c1ncccc1Cl. The van der Waals surface area contributed by atoms with Crippen LogP contribution in [0.25, 0.3) is 5.82 Å². The van der Waals surface area contributed by atoms with Crippen LogP contribution in [0, 0.1) is 0 Å². The first-order valence-corrected chi connectivity index (χ1v) is 13.7. The molecule has 0 radical (unpaired) electrons. The average Bonchev–Trinajstić information content (AvgIpc) is 3.50. The van der Waals surface area contributed by atoms with E-state index in [1.54, 1.807) is 18.2 Å². The summed E-state index contributed by atoms with van der Waals surface area (Å²) in [6.45, 7) is 0. The Balaban J connectivity index is 1.49. The van der Waals surface area contributed by atoms with E-state index in [4.69, 9.17) is 27.9 Å². The van der Waals surface area contributed by atoms with E-state index in [0.717, 1.165) is 12.8 Å². The number of nitrogens with zero attached hydrogens (tertiary/aromatic N) is 3. The van der Waals surface area contributed by atoms with E-state index < -0.39 is 17.1 Å². The van der Waals surface area contributed by atoms with E-state index in [9.17, 15) is 14.1 Å². The Hall–Kier alpha value is -2.31. The number of nitrogens with one attached hydrogen (secondary N) is 2. The average molecular weight is 599 g/mol. The largest absolute Gasteiger partial charge is 0.616 e. The summed E-state index contributed by atoms with van der Waals surface area (Å²) in [5, 5.41) is 10.7. The fraction of sp³-hybridized carbons (Fsp3) is 0.273. The number of benzene rings is 1. The zero-order valence-electron chi connectivity index (χ0n) is 18.0. The highest BCUT2D eigenvalue weighted by molar-refractivity contribution is 9.10. The van der Waals surface area contributed by atoms with E-state index in [1.807, 2.05) is 0 Å². The zero-order chi connectivity index (χ0) is 24.7.